The standard InChI is InChI=1S/C17H15.C16H13.CH3.Sn/c1-12-11-17-15(13(12)2)9-6-10-16(17)14-7-4-3-5-8-14;1-12-10-14-8-5-9-15(16(14)11-12)13-6-3-2-4-7-13;;/h3-11,13H,2H2,1H3;2-11H,1H3;1H3;. The zero-order valence-electron chi connectivity index (χ0n) is 20.8. The minimum atomic E-state index is -1.81. The van der Waals surface area contributed by atoms with E-state index in [4.69, 9.17) is 0 Å². The third-order valence-electron chi connectivity index (χ3n) is 7.90. The number of benzene rings is 4. The van der Waals surface area contributed by atoms with Gasteiger partial charge in [-0.3, -0.25) is 0 Å². The van der Waals surface area contributed by atoms with E-state index in [0.717, 1.165) is 0 Å². The van der Waals surface area contributed by atoms with Crippen LogP contribution in [-0.2, 0) is 0 Å². The van der Waals surface area contributed by atoms with Crippen LogP contribution in [0.4, 0.5) is 0 Å². The topological polar surface area (TPSA) is 0 Å². The Morgan fingerprint density at radius 2 is 1.09 bits per heavy atom. The van der Waals surface area contributed by atoms with Crippen molar-refractivity contribution in [2.45, 2.75) is 33.1 Å². The van der Waals surface area contributed by atoms with Crippen LogP contribution < -0.4 is 0 Å². The van der Waals surface area contributed by atoms with E-state index in [-0.39, 0.29) is 0 Å². The summed E-state index contributed by atoms with van der Waals surface area (Å²) in [5.74, 6) is 0.571. The quantitative estimate of drug-likeness (QED) is 0.214. The molecule has 0 spiro atoms. The fourth-order valence-corrected chi connectivity index (χ4v) is 15.0. The van der Waals surface area contributed by atoms with Crippen molar-refractivity contribution in [3.05, 3.63) is 130 Å². The molecule has 0 saturated carbocycles. The first kappa shape index (κ1) is 22.6. The van der Waals surface area contributed by atoms with Gasteiger partial charge in [-0.25, -0.2) is 0 Å². The van der Waals surface area contributed by atoms with Gasteiger partial charge in [0.15, 0.2) is 0 Å². The molecule has 0 N–H and O–H groups in total. The molecule has 4 aromatic carbocycles. The molecule has 0 saturated heterocycles. The van der Waals surface area contributed by atoms with Crippen molar-refractivity contribution in [2.75, 3.05) is 0 Å². The van der Waals surface area contributed by atoms with Crippen molar-refractivity contribution < 1.29 is 0 Å². The van der Waals surface area contributed by atoms with Gasteiger partial charge in [0.25, 0.3) is 0 Å². The molecule has 0 bridgehead atoms. The number of allylic oxidation sites excluding steroid dienone is 2. The number of hydrogen-bond donors (Lipinski definition) is 0. The first-order valence-corrected chi connectivity index (χ1v) is 19.2. The van der Waals surface area contributed by atoms with Crippen molar-refractivity contribution in [1.82, 2.24) is 0 Å². The zero-order chi connectivity index (χ0) is 23.9. The molecule has 4 aromatic rings. The Bertz CT molecular complexity index is 1440. The zero-order valence-corrected chi connectivity index (χ0v) is 23.6. The summed E-state index contributed by atoms with van der Waals surface area (Å²) in [5.41, 5.74) is 14.6. The van der Waals surface area contributed by atoms with Crippen LogP contribution in [-0.4, -0.2) is 19.8 Å². The van der Waals surface area contributed by atoms with Gasteiger partial charge < -0.3 is 0 Å². The van der Waals surface area contributed by atoms with Gasteiger partial charge in [0.1, 0.15) is 0 Å². The van der Waals surface area contributed by atoms with E-state index in [1.807, 2.05) is 0 Å². The Labute approximate surface area is 216 Å². The summed E-state index contributed by atoms with van der Waals surface area (Å²) in [6.45, 7) is 4.73. The molecule has 2 aliphatic carbocycles. The van der Waals surface area contributed by atoms with Crippen LogP contribution in [0, 0.1) is 0 Å². The molecule has 2 atom stereocenters. The van der Waals surface area contributed by atoms with Gasteiger partial charge in [-0.2, -0.15) is 0 Å². The van der Waals surface area contributed by atoms with Crippen molar-refractivity contribution in [3.8, 4) is 22.3 Å². The van der Waals surface area contributed by atoms with Crippen LogP contribution in [0.15, 0.2) is 108 Å². The SMILES string of the molecule is CC1=Cc2c(-c3ccccc3)cccc2C1[CH2][Sn]([CH3])[CH]1C(C)=Cc2c(-c3ccccc3)cccc21. The predicted molar refractivity (Wildman–Crippen MR) is 153 cm³/mol. The molecule has 171 valence electrons. The maximum atomic E-state index is 2.65. The second-order valence-electron chi connectivity index (χ2n) is 10.2. The molecule has 0 fully saturated rings. The van der Waals surface area contributed by atoms with E-state index >= 15 is 0 Å². The molecule has 6 rings (SSSR count). The van der Waals surface area contributed by atoms with Gasteiger partial charge in [-0.15, -0.1) is 0 Å². The third kappa shape index (κ3) is 4.02. The summed E-state index contributed by atoms with van der Waals surface area (Å²) < 4.78 is 2.03. The van der Waals surface area contributed by atoms with Crippen LogP contribution in [0.3, 0.4) is 0 Å². The van der Waals surface area contributed by atoms with Crippen molar-refractivity contribution >= 4 is 31.9 Å². The van der Waals surface area contributed by atoms with Crippen LogP contribution in [0.2, 0.25) is 9.38 Å². The molecule has 1 heteroatoms. The number of fused-ring (bicyclic) bond motifs is 2. The molecule has 0 heterocycles. The summed E-state index contributed by atoms with van der Waals surface area (Å²) in [6, 6.07) is 35.7. The average Bonchev–Trinajstić information content (AvgIpc) is 3.40. The summed E-state index contributed by atoms with van der Waals surface area (Å²) in [4.78, 5) is 2.65. The van der Waals surface area contributed by atoms with Gasteiger partial charge in [-0.05, 0) is 0 Å². The average molecular weight is 558 g/mol. The van der Waals surface area contributed by atoms with E-state index in [0.29, 0.717) is 9.85 Å². The maximum absolute atomic E-state index is 2.65. The van der Waals surface area contributed by atoms with Gasteiger partial charge in [0, 0.05) is 0 Å². The molecule has 0 amide bonds. The van der Waals surface area contributed by atoms with Gasteiger partial charge in [-0.1, -0.05) is 0 Å². The number of rotatable bonds is 5. The molecule has 0 aliphatic heterocycles. The van der Waals surface area contributed by atoms with Crippen LogP contribution >= 0.6 is 0 Å². The molecule has 2 aliphatic rings. The third-order valence-corrected chi connectivity index (χ3v) is 15.9. The van der Waals surface area contributed by atoms with Gasteiger partial charge in [0.2, 0.25) is 0 Å². The van der Waals surface area contributed by atoms with Crippen LogP contribution in [0.1, 0.15) is 46.0 Å². The molecule has 0 nitrogen and oxygen atoms in total. The molecule has 2 unspecified atom stereocenters. The van der Waals surface area contributed by atoms with Gasteiger partial charge >= 0.3 is 218 Å². The van der Waals surface area contributed by atoms with Crippen LogP contribution in [0.5, 0.6) is 0 Å². The van der Waals surface area contributed by atoms with Crippen molar-refractivity contribution in [3.63, 3.8) is 0 Å². The fraction of sp³-hybridized carbons (Fsp3) is 0.176. The Morgan fingerprint density at radius 3 is 1.69 bits per heavy atom. The molecular formula is C34H31Sn. The summed E-state index contributed by atoms with van der Waals surface area (Å²) in [7, 11) is 0. The predicted octanol–water partition coefficient (Wildman–Crippen LogP) is 9.39. The van der Waals surface area contributed by atoms with E-state index < -0.39 is 19.8 Å². The Kier molecular flexibility index (Phi) is 6.02. The Balaban J connectivity index is 1.32. The fourth-order valence-electron chi connectivity index (χ4n) is 6.28. The van der Waals surface area contributed by atoms with Crippen LogP contribution in [0.25, 0.3) is 34.4 Å². The van der Waals surface area contributed by atoms with E-state index in [1.54, 1.807) is 22.3 Å². The summed E-state index contributed by atoms with van der Waals surface area (Å²) >= 11 is -1.81. The second-order valence-corrected chi connectivity index (χ2v) is 17.8. The first-order valence-electron chi connectivity index (χ1n) is 12.7. The number of hydrogen-bond acceptors (Lipinski definition) is 0. The molecular weight excluding hydrogens is 527 g/mol. The Hall–Kier alpha value is -2.84. The van der Waals surface area contributed by atoms with Gasteiger partial charge in [0.05, 0.1) is 0 Å². The monoisotopic (exact) mass is 559 g/mol. The molecule has 1 radical (unpaired) electrons. The molecule has 0 aromatic heterocycles. The minimum absolute atomic E-state index is 0.571. The normalized spacial score (nSPS) is 18.3. The van der Waals surface area contributed by atoms with E-state index in [9.17, 15) is 0 Å². The first-order chi connectivity index (χ1) is 17.1. The van der Waals surface area contributed by atoms with E-state index in [1.165, 1.54) is 37.8 Å². The summed E-state index contributed by atoms with van der Waals surface area (Å²) in [5, 5.41) is 0. The molecule has 35 heavy (non-hydrogen) atoms. The van der Waals surface area contributed by atoms with E-state index in [2.05, 4.69) is 128 Å². The summed E-state index contributed by atoms with van der Waals surface area (Å²) in [6.07, 6.45) is 4.96. The van der Waals surface area contributed by atoms with Crippen molar-refractivity contribution in [2.24, 2.45) is 0 Å². The Morgan fingerprint density at radius 1 is 0.571 bits per heavy atom. The van der Waals surface area contributed by atoms with Crippen molar-refractivity contribution in [1.29, 1.82) is 0 Å². The second kappa shape index (κ2) is 9.31.